The molecule has 0 radical (unpaired) electrons. The number of hydrogen-bond acceptors (Lipinski definition) is 2. The summed E-state index contributed by atoms with van der Waals surface area (Å²) in [4.78, 5) is 0.419. The van der Waals surface area contributed by atoms with Crippen LogP contribution in [0.1, 0.15) is 31.4 Å². The van der Waals surface area contributed by atoms with Gasteiger partial charge in [-0.2, -0.15) is 0 Å². The summed E-state index contributed by atoms with van der Waals surface area (Å²) in [5, 5.41) is 0. The average molecular weight is 314 g/mol. The van der Waals surface area contributed by atoms with Crippen molar-refractivity contribution in [2.75, 3.05) is 5.75 Å². The average Bonchev–Trinajstić information content (AvgIpc) is 2.53. The fourth-order valence-corrected chi connectivity index (χ4v) is 4.18. The first-order chi connectivity index (χ1) is 10.5. The molecule has 0 heterocycles. The Morgan fingerprint density at radius 2 is 1.59 bits per heavy atom. The van der Waals surface area contributed by atoms with Gasteiger partial charge in [-0.05, 0) is 23.1 Å². The minimum Gasteiger partial charge on any atom is -0.224 e. The van der Waals surface area contributed by atoms with Gasteiger partial charge in [-0.25, -0.2) is 8.42 Å². The van der Waals surface area contributed by atoms with E-state index in [1.807, 2.05) is 68.5 Å². The van der Waals surface area contributed by atoms with Gasteiger partial charge in [0.05, 0.1) is 10.6 Å². The van der Waals surface area contributed by atoms with Crippen LogP contribution in [0.25, 0.3) is 12.2 Å². The summed E-state index contributed by atoms with van der Waals surface area (Å²) in [6.45, 7) is 3.99. The minimum absolute atomic E-state index is 0.163. The van der Waals surface area contributed by atoms with Crippen molar-refractivity contribution < 1.29 is 8.42 Å². The zero-order valence-corrected chi connectivity index (χ0v) is 13.9. The van der Waals surface area contributed by atoms with Crippen LogP contribution in [-0.2, 0) is 9.84 Å². The standard InChI is InChI=1S/C19H22O2S/c1-3-16(2)15-22(20,21)19-12-8-7-11-18(19)14-13-17-9-5-4-6-10-17/h4-14,16H,3,15H2,1-2H3/b14-13+. The topological polar surface area (TPSA) is 34.1 Å². The highest BCUT2D eigenvalue weighted by molar-refractivity contribution is 7.91. The van der Waals surface area contributed by atoms with E-state index in [0.29, 0.717) is 4.90 Å². The first kappa shape index (κ1) is 16.5. The molecule has 0 aliphatic heterocycles. The van der Waals surface area contributed by atoms with Gasteiger partial charge < -0.3 is 0 Å². The monoisotopic (exact) mass is 314 g/mol. The Morgan fingerprint density at radius 1 is 0.955 bits per heavy atom. The fourth-order valence-electron chi connectivity index (χ4n) is 2.23. The largest absolute Gasteiger partial charge is 0.224 e. The molecular formula is C19H22O2S. The highest BCUT2D eigenvalue weighted by atomic mass is 32.2. The molecule has 0 fully saturated rings. The van der Waals surface area contributed by atoms with Crippen LogP contribution in [0.4, 0.5) is 0 Å². The molecule has 0 amide bonds. The Labute approximate surface area is 133 Å². The summed E-state index contributed by atoms with van der Waals surface area (Å²) < 4.78 is 25.2. The van der Waals surface area contributed by atoms with Crippen LogP contribution in [0.2, 0.25) is 0 Å². The normalized spacial score (nSPS) is 13.4. The van der Waals surface area contributed by atoms with Gasteiger partial charge in [-0.1, -0.05) is 81.0 Å². The number of hydrogen-bond donors (Lipinski definition) is 0. The molecule has 2 aromatic carbocycles. The lowest BCUT2D eigenvalue weighted by molar-refractivity contribution is 0.564. The lowest BCUT2D eigenvalue weighted by Crippen LogP contribution is -2.14. The van der Waals surface area contributed by atoms with Crippen molar-refractivity contribution in [2.45, 2.75) is 25.2 Å². The Kier molecular flexibility index (Phi) is 5.56. The maximum absolute atomic E-state index is 12.6. The summed E-state index contributed by atoms with van der Waals surface area (Å²) in [6.07, 6.45) is 4.68. The van der Waals surface area contributed by atoms with Gasteiger partial charge >= 0.3 is 0 Å². The van der Waals surface area contributed by atoms with Crippen molar-refractivity contribution in [3.05, 3.63) is 65.7 Å². The summed E-state index contributed by atoms with van der Waals surface area (Å²) in [5.41, 5.74) is 1.80. The molecule has 2 rings (SSSR count). The zero-order valence-electron chi connectivity index (χ0n) is 13.1. The maximum atomic E-state index is 12.6. The van der Waals surface area contributed by atoms with Crippen LogP contribution in [0.15, 0.2) is 59.5 Å². The van der Waals surface area contributed by atoms with Gasteiger partial charge in [0.2, 0.25) is 0 Å². The number of rotatable bonds is 6. The molecular weight excluding hydrogens is 292 g/mol. The molecule has 2 aromatic rings. The van der Waals surface area contributed by atoms with Gasteiger partial charge in [0, 0.05) is 0 Å². The lowest BCUT2D eigenvalue weighted by Gasteiger charge is -2.11. The minimum atomic E-state index is -3.26. The Balaban J connectivity index is 2.33. The molecule has 0 N–H and O–H groups in total. The van der Waals surface area contributed by atoms with Crippen molar-refractivity contribution in [3.63, 3.8) is 0 Å². The van der Waals surface area contributed by atoms with Crippen molar-refractivity contribution in [3.8, 4) is 0 Å². The number of sulfone groups is 1. The molecule has 0 saturated carbocycles. The highest BCUT2D eigenvalue weighted by Crippen LogP contribution is 2.22. The molecule has 0 aliphatic rings. The molecule has 0 aromatic heterocycles. The second-order valence-corrected chi connectivity index (χ2v) is 7.58. The number of benzene rings is 2. The molecule has 116 valence electrons. The van der Waals surface area contributed by atoms with Crippen LogP contribution >= 0.6 is 0 Å². The third-order valence-electron chi connectivity index (χ3n) is 3.71. The predicted molar refractivity (Wildman–Crippen MR) is 93.3 cm³/mol. The fraction of sp³-hybridized carbons (Fsp3) is 0.263. The van der Waals surface area contributed by atoms with Gasteiger partial charge in [-0.15, -0.1) is 0 Å². The van der Waals surface area contributed by atoms with Gasteiger partial charge in [0.1, 0.15) is 0 Å². The van der Waals surface area contributed by atoms with Crippen LogP contribution < -0.4 is 0 Å². The van der Waals surface area contributed by atoms with Crippen LogP contribution in [0, 0.1) is 5.92 Å². The molecule has 1 unspecified atom stereocenters. The van der Waals surface area contributed by atoms with Crippen molar-refractivity contribution in [2.24, 2.45) is 5.92 Å². The second-order valence-electron chi connectivity index (χ2n) is 5.58. The molecule has 0 aliphatic carbocycles. The summed E-state index contributed by atoms with van der Waals surface area (Å²) in [5.74, 6) is 0.357. The van der Waals surface area contributed by atoms with Crippen LogP contribution in [-0.4, -0.2) is 14.2 Å². The Hall–Kier alpha value is -1.87. The third-order valence-corrected chi connectivity index (χ3v) is 5.76. The molecule has 0 spiro atoms. The second kappa shape index (κ2) is 7.41. The molecule has 22 heavy (non-hydrogen) atoms. The first-order valence-electron chi connectivity index (χ1n) is 7.58. The van der Waals surface area contributed by atoms with E-state index in [1.54, 1.807) is 12.1 Å². The Morgan fingerprint density at radius 3 is 2.27 bits per heavy atom. The summed E-state index contributed by atoms with van der Waals surface area (Å²) in [6, 6.07) is 17.1. The smallest absolute Gasteiger partial charge is 0.179 e. The van der Waals surface area contributed by atoms with E-state index in [-0.39, 0.29) is 11.7 Å². The van der Waals surface area contributed by atoms with Gasteiger partial charge in [0.15, 0.2) is 9.84 Å². The van der Waals surface area contributed by atoms with E-state index in [2.05, 4.69) is 0 Å². The highest BCUT2D eigenvalue weighted by Gasteiger charge is 2.19. The van der Waals surface area contributed by atoms with Crippen LogP contribution in [0.3, 0.4) is 0 Å². The van der Waals surface area contributed by atoms with Crippen LogP contribution in [0.5, 0.6) is 0 Å². The summed E-state index contributed by atoms with van der Waals surface area (Å²) >= 11 is 0. The lowest BCUT2D eigenvalue weighted by atomic mass is 10.1. The predicted octanol–water partition coefficient (Wildman–Crippen LogP) is 4.68. The van der Waals surface area contributed by atoms with Crippen molar-refractivity contribution >= 4 is 22.0 Å². The van der Waals surface area contributed by atoms with E-state index in [4.69, 9.17) is 0 Å². The quantitative estimate of drug-likeness (QED) is 0.726. The van der Waals surface area contributed by atoms with E-state index in [1.165, 1.54) is 0 Å². The van der Waals surface area contributed by atoms with Gasteiger partial charge in [0.25, 0.3) is 0 Å². The van der Waals surface area contributed by atoms with E-state index in [0.717, 1.165) is 17.5 Å². The third kappa shape index (κ3) is 4.31. The first-order valence-corrected chi connectivity index (χ1v) is 9.23. The molecule has 0 saturated heterocycles. The van der Waals surface area contributed by atoms with E-state index >= 15 is 0 Å². The van der Waals surface area contributed by atoms with E-state index < -0.39 is 9.84 Å². The van der Waals surface area contributed by atoms with Crippen molar-refractivity contribution in [1.29, 1.82) is 0 Å². The maximum Gasteiger partial charge on any atom is 0.179 e. The summed E-state index contributed by atoms with van der Waals surface area (Å²) in [7, 11) is -3.26. The SMILES string of the molecule is CCC(C)CS(=O)(=O)c1ccccc1/C=C/c1ccccc1. The van der Waals surface area contributed by atoms with Crippen molar-refractivity contribution in [1.82, 2.24) is 0 Å². The Bertz CT molecular complexity index is 731. The van der Waals surface area contributed by atoms with Gasteiger partial charge in [-0.3, -0.25) is 0 Å². The molecule has 1 atom stereocenters. The molecule has 0 bridgehead atoms. The molecule has 2 nitrogen and oxygen atoms in total. The van der Waals surface area contributed by atoms with E-state index in [9.17, 15) is 8.42 Å². The molecule has 3 heteroatoms. The zero-order chi connectivity index (χ0) is 16.0.